The van der Waals surface area contributed by atoms with E-state index in [1.165, 1.54) is 11.1 Å². The van der Waals surface area contributed by atoms with Gasteiger partial charge in [0.25, 0.3) is 0 Å². The van der Waals surface area contributed by atoms with Crippen LogP contribution in [0.1, 0.15) is 18.1 Å². The number of aryl methyl sites for hydroxylation is 1. The Balaban J connectivity index is 3.04. The molecule has 12 heavy (non-hydrogen) atoms. The number of benzene rings is 1. The normalized spacial score (nSPS) is 11.3. The van der Waals surface area contributed by atoms with Crippen LogP contribution in [-0.4, -0.2) is 6.72 Å². The van der Waals surface area contributed by atoms with E-state index in [0.29, 0.717) is 0 Å². The van der Waals surface area contributed by atoms with Crippen molar-refractivity contribution in [3.05, 3.63) is 41.1 Å². The molecule has 1 aromatic carbocycles. The maximum Gasteiger partial charge on any atom is 0.0371 e. The number of allylic oxidation sites excluding steroid dienone is 1. The lowest BCUT2D eigenvalue weighted by Gasteiger charge is -1.98. The summed E-state index contributed by atoms with van der Waals surface area (Å²) in [6, 6.07) is 8.21. The van der Waals surface area contributed by atoms with E-state index < -0.39 is 0 Å². The Morgan fingerprint density at radius 2 is 2.08 bits per heavy atom. The lowest BCUT2D eigenvalue weighted by Crippen LogP contribution is -1.79. The van der Waals surface area contributed by atoms with Crippen molar-refractivity contribution in [1.29, 1.82) is 0 Å². The molecule has 0 bridgehead atoms. The molecule has 0 aromatic heterocycles. The topological polar surface area (TPSA) is 12.4 Å². The SMILES string of the molecule is C=N/C(C)=C\c1ccccc1C. The Labute approximate surface area is 73.5 Å². The van der Waals surface area contributed by atoms with Gasteiger partial charge in [-0.1, -0.05) is 24.3 Å². The van der Waals surface area contributed by atoms with Gasteiger partial charge in [-0.15, -0.1) is 0 Å². The smallest absolute Gasteiger partial charge is 0.0371 e. The zero-order chi connectivity index (χ0) is 8.97. The molecule has 0 spiro atoms. The molecule has 1 heteroatoms. The summed E-state index contributed by atoms with van der Waals surface area (Å²) in [7, 11) is 0. The minimum Gasteiger partial charge on any atom is -0.269 e. The van der Waals surface area contributed by atoms with Gasteiger partial charge in [0, 0.05) is 5.70 Å². The molecule has 0 amide bonds. The van der Waals surface area contributed by atoms with Crippen LogP contribution in [0.3, 0.4) is 0 Å². The van der Waals surface area contributed by atoms with Crippen LogP contribution in [0.4, 0.5) is 0 Å². The lowest BCUT2D eigenvalue weighted by atomic mass is 10.1. The minimum absolute atomic E-state index is 0.948. The van der Waals surface area contributed by atoms with Gasteiger partial charge in [-0.05, 0) is 37.8 Å². The zero-order valence-electron chi connectivity index (χ0n) is 7.54. The van der Waals surface area contributed by atoms with Crippen LogP contribution >= 0.6 is 0 Å². The number of hydrogen-bond donors (Lipinski definition) is 0. The van der Waals surface area contributed by atoms with Gasteiger partial charge in [0.05, 0.1) is 0 Å². The summed E-state index contributed by atoms with van der Waals surface area (Å²) in [5.41, 5.74) is 3.42. The fraction of sp³-hybridized carbons (Fsp3) is 0.182. The molecule has 0 heterocycles. The molecular weight excluding hydrogens is 146 g/mol. The van der Waals surface area contributed by atoms with Crippen molar-refractivity contribution in [2.75, 3.05) is 0 Å². The van der Waals surface area contributed by atoms with Crippen LogP contribution in [0.15, 0.2) is 35.0 Å². The van der Waals surface area contributed by atoms with E-state index in [0.717, 1.165) is 5.70 Å². The van der Waals surface area contributed by atoms with Crippen molar-refractivity contribution in [2.24, 2.45) is 4.99 Å². The van der Waals surface area contributed by atoms with Crippen LogP contribution in [0.25, 0.3) is 6.08 Å². The Morgan fingerprint density at radius 1 is 1.42 bits per heavy atom. The highest BCUT2D eigenvalue weighted by Crippen LogP contribution is 2.11. The highest BCUT2D eigenvalue weighted by molar-refractivity contribution is 5.56. The molecule has 0 aliphatic rings. The molecule has 0 saturated heterocycles. The molecule has 1 nitrogen and oxygen atoms in total. The predicted molar refractivity (Wildman–Crippen MR) is 54.4 cm³/mol. The van der Waals surface area contributed by atoms with Gasteiger partial charge in [-0.3, -0.25) is 4.99 Å². The van der Waals surface area contributed by atoms with Crippen molar-refractivity contribution in [1.82, 2.24) is 0 Å². The maximum atomic E-state index is 3.84. The van der Waals surface area contributed by atoms with E-state index in [4.69, 9.17) is 0 Å². The third-order valence-electron chi connectivity index (χ3n) is 1.80. The highest BCUT2D eigenvalue weighted by Gasteiger charge is 1.91. The third-order valence-corrected chi connectivity index (χ3v) is 1.80. The number of aliphatic imine (C=N–C) groups is 1. The van der Waals surface area contributed by atoms with Crippen LogP contribution < -0.4 is 0 Å². The highest BCUT2D eigenvalue weighted by atomic mass is 14.7. The summed E-state index contributed by atoms with van der Waals surface area (Å²) in [6.07, 6.45) is 2.03. The van der Waals surface area contributed by atoms with Gasteiger partial charge in [-0.25, -0.2) is 0 Å². The Bertz CT molecular complexity index is 311. The van der Waals surface area contributed by atoms with E-state index in [2.05, 4.69) is 30.8 Å². The van der Waals surface area contributed by atoms with Crippen molar-refractivity contribution >= 4 is 12.8 Å². The van der Waals surface area contributed by atoms with Gasteiger partial charge in [0.15, 0.2) is 0 Å². The Morgan fingerprint density at radius 3 is 2.67 bits per heavy atom. The molecule has 0 N–H and O–H groups in total. The van der Waals surface area contributed by atoms with Gasteiger partial charge >= 0.3 is 0 Å². The molecule has 0 unspecified atom stereocenters. The van der Waals surface area contributed by atoms with E-state index >= 15 is 0 Å². The molecule has 0 saturated carbocycles. The summed E-state index contributed by atoms with van der Waals surface area (Å²) in [5.74, 6) is 0. The minimum atomic E-state index is 0.948. The van der Waals surface area contributed by atoms with Crippen LogP contribution in [0, 0.1) is 6.92 Å². The first-order valence-corrected chi connectivity index (χ1v) is 3.94. The predicted octanol–water partition coefficient (Wildman–Crippen LogP) is 3.06. The van der Waals surface area contributed by atoms with E-state index in [-0.39, 0.29) is 0 Å². The molecule has 1 rings (SSSR count). The zero-order valence-corrected chi connectivity index (χ0v) is 7.54. The van der Waals surface area contributed by atoms with Crippen LogP contribution in [0.2, 0.25) is 0 Å². The van der Waals surface area contributed by atoms with Gasteiger partial charge in [-0.2, -0.15) is 0 Å². The van der Waals surface area contributed by atoms with E-state index in [1.807, 2.05) is 25.1 Å². The van der Waals surface area contributed by atoms with Gasteiger partial charge < -0.3 is 0 Å². The molecule has 0 fully saturated rings. The molecular formula is C11H13N. The van der Waals surface area contributed by atoms with Crippen LogP contribution in [-0.2, 0) is 0 Å². The molecule has 0 atom stereocenters. The summed E-state index contributed by atoms with van der Waals surface area (Å²) in [5, 5.41) is 0. The summed E-state index contributed by atoms with van der Waals surface area (Å²) in [6.45, 7) is 7.50. The molecule has 0 aliphatic carbocycles. The van der Waals surface area contributed by atoms with E-state index in [9.17, 15) is 0 Å². The average molecular weight is 159 g/mol. The van der Waals surface area contributed by atoms with E-state index in [1.54, 1.807) is 0 Å². The lowest BCUT2D eigenvalue weighted by molar-refractivity contribution is 1.34. The monoisotopic (exact) mass is 159 g/mol. The molecule has 1 aromatic rings. The summed E-state index contributed by atoms with van der Waals surface area (Å²) < 4.78 is 0. The fourth-order valence-corrected chi connectivity index (χ4v) is 1.02. The Hall–Kier alpha value is -1.37. The van der Waals surface area contributed by atoms with Crippen molar-refractivity contribution < 1.29 is 0 Å². The molecule has 0 radical (unpaired) electrons. The van der Waals surface area contributed by atoms with Crippen LogP contribution in [0.5, 0.6) is 0 Å². The number of hydrogen-bond acceptors (Lipinski definition) is 1. The summed E-state index contributed by atoms with van der Waals surface area (Å²) in [4.78, 5) is 3.84. The summed E-state index contributed by atoms with van der Waals surface area (Å²) >= 11 is 0. The molecule has 0 aliphatic heterocycles. The van der Waals surface area contributed by atoms with Gasteiger partial charge in [0.1, 0.15) is 0 Å². The van der Waals surface area contributed by atoms with Crippen molar-refractivity contribution in [2.45, 2.75) is 13.8 Å². The first-order chi connectivity index (χ1) is 5.74. The first-order valence-electron chi connectivity index (χ1n) is 3.94. The number of rotatable bonds is 2. The third kappa shape index (κ3) is 2.06. The number of nitrogens with zero attached hydrogens (tertiary/aromatic N) is 1. The Kier molecular flexibility index (Phi) is 2.81. The fourth-order valence-electron chi connectivity index (χ4n) is 1.02. The standard InChI is InChI=1S/C11H13N/c1-9-6-4-5-7-11(9)8-10(2)12-3/h4-8H,3H2,1-2H3/b10-8-. The van der Waals surface area contributed by atoms with Crippen molar-refractivity contribution in [3.63, 3.8) is 0 Å². The first kappa shape index (κ1) is 8.72. The van der Waals surface area contributed by atoms with Gasteiger partial charge in [0.2, 0.25) is 0 Å². The maximum absolute atomic E-state index is 3.84. The second-order valence-electron chi connectivity index (χ2n) is 2.80. The molecule has 62 valence electrons. The quantitative estimate of drug-likeness (QED) is 0.588. The second-order valence-corrected chi connectivity index (χ2v) is 2.80. The van der Waals surface area contributed by atoms with Crippen molar-refractivity contribution in [3.8, 4) is 0 Å². The largest absolute Gasteiger partial charge is 0.269 e. The average Bonchev–Trinajstić information content (AvgIpc) is 2.09. The second kappa shape index (κ2) is 3.86.